The first-order chi connectivity index (χ1) is 17.6. The van der Waals surface area contributed by atoms with Crippen molar-refractivity contribution in [2.75, 3.05) is 19.7 Å². The number of amides is 1. The van der Waals surface area contributed by atoms with E-state index in [0.29, 0.717) is 24.7 Å². The maximum Gasteiger partial charge on any atom is 0.249 e. The second-order valence-corrected chi connectivity index (χ2v) is 10.4. The van der Waals surface area contributed by atoms with E-state index in [1.165, 1.54) is 83.5 Å². The van der Waals surface area contributed by atoms with Crippen molar-refractivity contribution >= 4 is 17.5 Å². The van der Waals surface area contributed by atoms with Gasteiger partial charge in [-0.1, -0.05) is 114 Å². The Bertz CT molecular complexity index is 806. The molecule has 1 aliphatic rings. The number of carbonyl (C=O) groups excluding carboxylic acids is 1. The normalized spacial score (nSPS) is 13.1. The molecule has 0 bridgehead atoms. The van der Waals surface area contributed by atoms with E-state index in [4.69, 9.17) is 16.3 Å². The predicted octanol–water partition coefficient (Wildman–Crippen LogP) is 8.59. The summed E-state index contributed by atoms with van der Waals surface area (Å²) in [7, 11) is 0. The van der Waals surface area contributed by atoms with Crippen LogP contribution in [0, 0.1) is 0 Å². The number of halogens is 1. The molecule has 0 saturated carbocycles. The van der Waals surface area contributed by atoms with E-state index in [9.17, 15) is 4.79 Å². The highest BCUT2D eigenvalue weighted by Crippen LogP contribution is 2.26. The van der Waals surface area contributed by atoms with E-state index in [1.807, 2.05) is 36.6 Å². The van der Waals surface area contributed by atoms with Crippen LogP contribution in [0.1, 0.15) is 109 Å². The fourth-order valence-corrected chi connectivity index (χ4v) is 4.77. The molecule has 0 radical (unpaired) electrons. The molecule has 0 spiro atoms. The maximum absolute atomic E-state index is 12.5. The summed E-state index contributed by atoms with van der Waals surface area (Å²) < 4.78 is 5.90. The molecule has 2 rings (SSSR count). The zero-order valence-electron chi connectivity index (χ0n) is 22.8. The molecule has 36 heavy (non-hydrogen) atoms. The topological polar surface area (TPSA) is 41.6 Å². The molecule has 0 aromatic heterocycles. The number of rotatable bonds is 20. The van der Waals surface area contributed by atoms with Crippen LogP contribution in [0.15, 0.2) is 42.1 Å². The average Bonchev–Trinajstić information content (AvgIpc) is 2.90. The molecule has 1 heterocycles. The van der Waals surface area contributed by atoms with Crippen LogP contribution in [0.5, 0.6) is 5.75 Å². The van der Waals surface area contributed by atoms with Gasteiger partial charge >= 0.3 is 0 Å². The van der Waals surface area contributed by atoms with E-state index < -0.39 is 0 Å². The summed E-state index contributed by atoms with van der Waals surface area (Å²) in [6, 6.07) is 5.77. The Kier molecular flexibility index (Phi) is 16.2. The lowest BCUT2D eigenvalue weighted by atomic mass is 10.0. The van der Waals surface area contributed by atoms with Gasteiger partial charge in [-0.3, -0.25) is 4.79 Å². The first-order valence-electron chi connectivity index (χ1n) is 14.4. The summed E-state index contributed by atoms with van der Waals surface area (Å²) in [6.07, 6.45) is 24.7. The number of benzene rings is 1. The van der Waals surface area contributed by atoms with Crippen LogP contribution < -0.4 is 10.1 Å². The van der Waals surface area contributed by atoms with Crippen molar-refractivity contribution in [1.29, 1.82) is 0 Å². The van der Waals surface area contributed by atoms with Gasteiger partial charge in [0.25, 0.3) is 0 Å². The van der Waals surface area contributed by atoms with Crippen LogP contribution in [0.4, 0.5) is 0 Å². The quantitative estimate of drug-likeness (QED) is 0.176. The fraction of sp³-hybridized carbons (Fsp3) is 0.645. The SMILES string of the molecule is CCCCCCCCCCCCCCCCOc1ccc(CNC(=O)C2=CC=CN(CC)C2)cc1Cl. The predicted molar refractivity (Wildman–Crippen MR) is 154 cm³/mol. The molecule has 1 aromatic rings. The third-order valence-corrected chi connectivity index (χ3v) is 7.17. The van der Waals surface area contributed by atoms with Gasteiger partial charge in [-0.15, -0.1) is 0 Å². The minimum Gasteiger partial charge on any atom is -0.492 e. The van der Waals surface area contributed by atoms with Crippen LogP contribution in [-0.2, 0) is 11.3 Å². The molecule has 1 N–H and O–H groups in total. The third-order valence-electron chi connectivity index (χ3n) is 6.87. The Morgan fingerprint density at radius 2 is 1.53 bits per heavy atom. The molecule has 0 saturated heterocycles. The van der Waals surface area contributed by atoms with E-state index in [2.05, 4.69) is 24.1 Å². The Hall–Kier alpha value is -1.94. The number of nitrogens with one attached hydrogen (secondary N) is 1. The largest absolute Gasteiger partial charge is 0.492 e. The summed E-state index contributed by atoms with van der Waals surface area (Å²) in [4.78, 5) is 14.6. The Morgan fingerprint density at radius 1 is 0.917 bits per heavy atom. The van der Waals surface area contributed by atoms with Gasteiger partial charge in [-0.05, 0) is 43.3 Å². The van der Waals surface area contributed by atoms with E-state index in [-0.39, 0.29) is 5.91 Å². The van der Waals surface area contributed by atoms with Crippen molar-refractivity contribution < 1.29 is 9.53 Å². The first-order valence-corrected chi connectivity index (χ1v) is 14.8. The van der Waals surface area contributed by atoms with Gasteiger partial charge in [-0.25, -0.2) is 0 Å². The zero-order chi connectivity index (χ0) is 25.8. The monoisotopic (exact) mass is 516 g/mol. The van der Waals surface area contributed by atoms with Gasteiger partial charge in [0.2, 0.25) is 5.91 Å². The zero-order valence-corrected chi connectivity index (χ0v) is 23.6. The highest BCUT2D eigenvalue weighted by atomic mass is 35.5. The second kappa shape index (κ2) is 19.2. The summed E-state index contributed by atoms with van der Waals surface area (Å²) in [5.74, 6) is 0.687. The number of allylic oxidation sites excluding steroid dienone is 2. The third kappa shape index (κ3) is 12.9. The van der Waals surface area contributed by atoms with Crippen molar-refractivity contribution in [2.24, 2.45) is 0 Å². The first kappa shape index (κ1) is 30.3. The highest BCUT2D eigenvalue weighted by molar-refractivity contribution is 6.32. The molecule has 1 amide bonds. The van der Waals surface area contributed by atoms with Crippen molar-refractivity contribution in [3.05, 3.63) is 52.7 Å². The van der Waals surface area contributed by atoms with Crippen molar-refractivity contribution in [2.45, 2.75) is 110 Å². The van der Waals surface area contributed by atoms with Crippen LogP contribution in [0.3, 0.4) is 0 Å². The fourth-order valence-electron chi connectivity index (χ4n) is 4.52. The molecule has 0 atom stereocenters. The van der Waals surface area contributed by atoms with Gasteiger partial charge in [-0.2, -0.15) is 0 Å². The van der Waals surface area contributed by atoms with Crippen molar-refractivity contribution in [3.63, 3.8) is 0 Å². The highest BCUT2D eigenvalue weighted by Gasteiger charge is 2.13. The van der Waals surface area contributed by atoms with E-state index in [0.717, 1.165) is 29.9 Å². The molecule has 1 aliphatic heterocycles. The van der Waals surface area contributed by atoms with Gasteiger partial charge in [0.15, 0.2) is 0 Å². The van der Waals surface area contributed by atoms with E-state index in [1.54, 1.807) is 0 Å². The molecule has 0 unspecified atom stereocenters. The van der Waals surface area contributed by atoms with Crippen molar-refractivity contribution in [1.82, 2.24) is 10.2 Å². The van der Waals surface area contributed by atoms with Crippen LogP contribution >= 0.6 is 11.6 Å². The maximum atomic E-state index is 12.5. The van der Waals surface area contributed by atoms with Crippen LogP contribution in [-0.4, -0.2) is 30.5 Å². The molecular weight excluding hydrogens is 468 g/mol. The van der Waals surface area contributed by atoms with Crippen LogP contribution in [0.25, 0.3) is 0 Å². The Balaban J connectivity index is 1.49. The number of unbranched alkanes of at least 4 members (excludes halogenated alkanes) is 13. The number of nitrogens with zero attached hydrogens (tertiary/aromatic N) is 1. The lowest BCUT2D eigenvalue weighted by Gasteiger charge is -2.22. The number of hydrogen-bond acceptors (Lipinski definition) is 3. The van der Waals surface area contributed by atoms with Crippen molar-refractivity contribution in [3.8, 4) is 5.75 Å². The molecule has 4 nitrogen and oxygen atoms in total. The summed E-state index contributed by atoms with van der Waals surface area (Å²) in [5.41, 5.74) is 1.75. The number of likely N-dealkylation sites (N-methyl/N-ethyl adjacent to an activating group) is 1. The number of hydrogen-bond donors (Lipinski definition) is 1. The van der Waals surface area contributed by atoms with Gasteiger partial charge in [0.1, 0.15) is 5.75 Å². The second-order valence-electron chi connectivity index (χ2n) is 9.99. The Labute approximate surface area is 225 Å². The average molecular weight is 517 g/mol. The lowest BCUT2D eigenvalue weighted by Crippen LogP contribution is -2.32. The summed E-state index contributed by atoms with van der Waals surface area (Å²) in [5, 5.41) is 3.59. The molecule has 0 aliphatic carbocycles. The van der Waals surface area contributed by atoms with Gasteiger partial charge < -0.3 is 15.0 Å². The molecule has 202 valence electrons. The lowest BCUT2D eigenvalue weighted by molar-refractivity contribution is -0.117. The molecule has 5 heteroatoms. The Morgan fingerprint density at radius 3 is 2.11 bits per heavy atom. The number of ether oxygens (including phenoxy) is 1. The summed E-state index contributed by atoms with van der Waals surface area (Å²) in [6.45, 7) is 7.04. The van der Waals surface area contributed by atoms with Crippen LogP contribution in [0.2, 0.25) is 5.02 Å². The standard InChI is InChI=1S/C31H49ClN2O2/c1-3-5-6-7-8-9-10-11-12-13-14-15-16-17-23-36-30-21-20-27(24-29(30)32)25-33-31(35)28-19-18-22-34(4-2)26-28/h18-22,24H,3-17,23,25-26H2,1-2H3,(H,33,35). The smallest absolute Gasteiger partial charge is 0.249 e. The minimum atomic E-state index is -0.0351. The molecular formula is C31H49ClN2O2. The minimum absolute atomic E-state index is 0.0351. The molecule has 0 fully saturated rings. The summed E-state index contributed by atoms with van der Waals surface area (Å²) >= 11 is 6.43. The van der Waals surface area contributed by atoms with Gasteiger partial charge in [0.05, 0.1) is 11.6 Å². The van der Waals surface area contributed by atoms with E-state index >= 15 is 0 Å². The molecule has 1 aromatic carbocycles. The number of carbonyl (C=O) groups is 1. The van der Waals surface area contributed by atoms with Gasteiger partial charge in [0, 0.05) is 25.2 Å².